The minimum absolute atomic E-state index is 0.278. The van der Waals surface area contributed by atoms with Gasteiger partial charge in [0.1, 0.15) is 0 Å². The normalized spacial score (nSPS) is 40.4. The van der Waals surface area contributed by atoms with E-state index in [1.807, 2.05) is 41.8 Å². The summed E-state index contributed by atoms with van der Waals surface area (Å²) in [7, 11) is 3.70. The number of nitrogens with one attached hydrogen (secondary N) is 2. The average Bonchev–Trinajstić information content (AvgIpc) is 2.64. The van der Waals surface area contributed by atoms with E-state index in [9.17, 15) is 20.4 Å². The summed E-state index contributed by atoms with van der Waals surface area (Å²) in [5.41, 5.74) is 4.06. The molecule has 2 aliphatic carbocycles. The van der Waals surface area contributed by atoms with Gasteiger partial charge in [0, 0.05) is 49.2 Å². The summed E-state index contributed by atoms with van der Waals surface area (Å²) in [6.45, 7) is 7.97. The highest BCUT2D eigenvalue weighted by Crippen LogP contribution is 2.49. The monoisotopic (exact) mass is 382 g/mol. The van der Waals surface area contributed by atoms with Crippen LogP contribution in [0.25, 0.3) is 0 Å². The maximum absolute atomic E-state index is 10.6. The van der Waals surface area contributed by atoms with Gasteiger partial charge in [-0.1, -0.05) is 13.8 Å². The van der Waals surface area contributed by atoms with Crippen molar-refractivity contribution in [2.24, 2.45) is 23.7 Å². The Morgan fingerprint density at radius 1 is 0.667 bits per heavy atom. The summed E-state index contributed by atoms with van der Waals surface area (Å²) < 4.78 is 0. The first-order chi connectivity index (χ1) is 12.7. The zero-order valence-electron chi connectivity index (χ0n) is 17.5. The minimum atomic E-state index is -0.645. The first-order valence-electron chi connectivity index (χ1n) is 10.2. The maximum atomic E-state index is 10.6. The Kier molecular flexibility index (Phi) is 7.36. The summed E-state index contributed by atoms with van der Waals surface area (Å²) in [5, 5.41) is 48.8. The van der Waals surface area contributed by atoms with Crippen molar-refractivity contribution in [2.45, 2.75) is 71.4 Å². The molecule has 2 fully saturated rings. The highest BCUT2D eigenvalue weighted by Gasteiger charge is 2.56. The molecule has 0 aromatic carbocycles. The topological polar surface area (TPSA) is 105 Å². The van der Waals surface area contributed by atoms with Gasteiger partial charge in [-0.3, -0.25) is 0 Å². The molecule has 6 N–H and O–H groups in total. The lowest BCUT2D eigenvalue weighted by Crippen LogP contribution is -2.62. The van der Waals surface area contributed by atoms with Gasteiger partial charge in [-0.25, -0.2) is 0 Å². The molecule has 0 bridgehead atoms. The van der Waals surface area contributed by atoms with Crippen molar-refractivity contribution in [3.05, 3.63) is 22.5 Å². The Hall–Kier alpha value is -1.08. The van der Waals surface area contributed by atoms with Gasteiger partial charge in [-0.15, -0.1) is 0 Å². The first kappa shape index (κ1) is 22.2. The zero-order chi connectivity index (χ0) is 20.5. The quantitative estimate of drug-likeness (QED) is 0.376. The van der Waals surface area contributed by atoms with Crippen molar-refractivity contribution < 1.29 is 20.4 Å². The van der Waals surface area contributed by atoms with Gasteiger partial charge >= 0.3 is 0 Å². The number of allylic oxidation sites excluding steroid dienone is 2. The number of hydrogen-bond acceptors (Lipinski definition) is 6. The van der Waals surface area contributed by atoms with Gasteiger partial charge in [0.25, 0.3) is 0 Å². The second kappa shape index (κ2) is 8.95. The van der Waals surface area contributed by atoms with Gasteiger partial charge in [0.2, 0.25) is 0 Å². The van der Waals surface area contributed by atoms with Crippen LogP contribution in [0.3, 0.4) is 0 Å². The molecule has 0 amide bonds. The van der Waals surface area contributed by atoms with Crippen LogP contribution < -0.4 is 10.6 Å². The van der Waals surface area contributed by atoms with E-state index in [1.165, 1.54) is 0 Å². The third-order valence-corrected chi connectivity index (χ3v) is 7.03. The predicted molar refractivity (Wildman–Crippen MR) is 107 cm³/mol. The lowest BCUT2D eigenvalue weighted by molar-refractivity contribution is -0.187. The van der Waals surface area contributed by atoms with E-state index in [0.29, 0.717) is 6.42 Å². The van der Waals surface area contributed by atoms with Crippen LogP contribution in [0.1, 0.15) is 47.0 Å². The number of aliphatic hydroxyl groups excluding tert-OH is 4. The van der Waals surface area contributed by atoms with Crippen LogP contribution >= 0.6 is 0 Å². The predicted octanol–water partition coefficient (Wildman–Crippen LogP) is 1.12. The van der Waals surface area contributed by atoms with Crippen molar-refractivity contribution in [1.29, 1.82) is 0 Å². The summed E-state index contributed by atoms with van der Waals surface area (Å²) in [5.74, 6) is -1.18. The molecule has 0 spiro atoms. The molecule has 0 radical (unpaired) electrons. The summed E-state index contributed by atoms with van der Waals surface area (Å²) >= 11 is 0. The van der Waals surface area contributed by atoms with Crippen molar-refractivity contribution >= 4 is 0 Å². The van der Waals surface area contributed by atoms with Crippen molar-refractivity contribution in [2.75, 3.05) is 14.1 Å². The second-order valence-electron chi connectivity index (χ2n) is 8.11. The van der Waals surface area contributed by atoms with Crippen LogP contribution in [0.4, 0.5) is 0 Å². The third-order valence-electron chi connectivity index (χ3n) is 7.03. The van der Waals surface area contributed by atoms with E-state index in [1.54, 1.807) is 0 Å². The van der Waals surface area contributed by atoms with Crippen LogP contribution in [0.5, 0.6) is 0 Å². The van der Waals surface area contributed by atoms with Crippen molar-refractivity contribution in [1.82, 2.24) is 10.6 Å². The smallest absolute Gasteiger partial charge is 0.0684 e. The van der Waals surface area contributed by atoms with Crippen LogP contribution in [0, 0.1) is 23.7 Å². The van der Waals surface area contributed by atoms with E-state index in [-0.39, 0.29) is 23.7 Å². The van der Waals surface area contributed by atoms with Gasteiger partial charge in [0.05, 0.1) is 24.4 Å². The van der Waals surface area contributed by atoms with Gasteiger partial charge < -0.3 is 31.1 Å². The molecule has 2 aliphatic rings. The summed E-state index contributed by atoms with van der Waals surface area (Å²) in [6.07, 6.45) is -0.507. The van der Waals surface area contributed by atoms with Crippen LogP contribution in [0.15, 0.2) is 22.5 Å². The average molecular weight is 383 g/mol. The molecule has 6 nitrogen and oxygen atoms in total. The molecule has 2 rings (SSSR count). The van der Waals surface area contributed by atoms with E-state index in [0.717, 1.165) is 35.4 Å². The number of hydrogen-bond donors (Lipinski definition) is 6. The third kappa shape index (κ3) is 3.77. The second-order valence-corrected chi connectivity index (χ2v) is 8.11. The molecular formula is C21H38N2O4. The molecule has 4 atom stereocenters. The van der Waals surface area contributed by atoms with E-state index >= 15 is 0 Å². The maximum Gasteiger partial charge on any atom is 0.0684 e. The fourth-order valence-corrected chi connectivity index (χ4v) is 5.19. The summed E-state index contributed by atoms with van der Waals surface area (Å²) in [4.78, 5) is 0. The Labute approximate surface area is 163 Å². The highest BCUT2D eigenvalue weighted by molar-refractivity contribution is 5.24. The Bertz CT molecular complexity index is 507. The standard InChI is InChI=1S/C21H38N2O4/c1-7-14(22-5)10(3)16-18(24)12(19(16)25)9-13-20(26)17(21(13)27)11(4)15(8-2)23-6/h12-13,16-27H,7-9H2,1-6H3/b14-10-,15-11-. The molecule has 0 aromatic heterocycles. The minimum Gasteiger partial charge on any atom is -0.392 e. The summed E-state index contributed by atoms with van der Waals surface area (Å²) in [6, 6.07) is 0. The van der Waals surface area contributed by atoms with Crippen molar-refractivity contribution in [3.63, 3.8) is 0 Å². The van der Waals surface area contributed by atoms with E-state index in [2.05, 4.69) is 10.6 Å². The Morgan fingerprint density at radius 3 is 1.19 bits per heavy atom. The fourth-order valence-electron chi connectivity index (χ4n) is 5.19. The van der Waals surface area contributed by atoms with Gasteiger partial charge in [-0.05, 0) is 44.3 Å². The Morgan fingerprint density at radius 2 is 0.963 bits per heavy atom. The van der Waals surface area contributed by atoms with Crippen LogP contribution in [-0.4, -0.2) is 58.9 Å². The molecule has 0 heterocycles. The van der Waals surface area contributed by atoms with Crippen LogP contribution in [0.2, 0.25) is 0 Å². The first-order valence-corrected chi connectivity index (χ1v) is 10.2. The van der Waals surface area contributed by atoms with E-state index < -0.39 is 24.4 Å². The van der Waals surface area contributed by atoms with Crippen molar-refractivity contribution in [3.8, 4) is 0 Å². The molecule has 27 heavy (non-hydrogen) atoms. The van der Waals surface area contributed by atoms with Gasteiger partial charge in [0.15, 0.2) is 0 Å². The highest BCUT2D eigenvalue weighted by atomic mass is 16.3. The fraction of sp³-hybridized carbons (Fsp3) is 0.810. The molecule has 0 aliphatic heterocycles. The van der Waals surface area contributed by atoms with Crippen LogP contribution in [-0.2, 0) is 0 Å². The SMILES string of the molecule is CC/C(NC)=C(\C)C1C(O)C(CC2C(O)C(/C(C)=C(/CC)NC)C2O)C1O. The van der Waals surface area contributed by atoms with E-state index in [4.69, 9.17) is 0 Å². The number of aliphatic hydroxyl groups is 4. The molecule has 156 valence electrons. The molecule has 6 heteroatoms. The Balaban J connectivity index is 2.04. The molecule has 0 saturated heterocycles. The lowest BCUT2D eigenvalue weighted by atomic mass is 9.56. The number of rotatable bonds is 8. The molecule has 0 aromatic rings. The van der Waals surface area contributed by atoms with Gasteiger partial charge in [-0.2, -0.15) is 0 Å². The molecule has 4 unspecified atom stereocenters. The molecule has 2 saturated carbocycles. The largest absolute Gasteiger partial charge is 0.392 e. The zero-order valence-corrected chi connectivity index (χ0v) is 17.5. The molecular weight excluding hydrogens is 344 g/mol. The lowest BCUT2D eigenvalue weighted by Gasteiger charge is -2.54.